The van der Waals surface area contributed by atoms with E-state index in [2.05, 4.69) is 17.0 Å². The van der Waals surface area contributed by atoms with Crippen LogP contribution < -0.4 is 10.0 Å². The molecule has 1 aromatic carbocycles. The molecule has 1 unspecified atom stereocenters. The van der Waals surface area contributed by atoms with Crippen LogP contribution in [0, 0.1) is 0 Å². The number of benzene rings is 1. The Labute approximate surface area is 128 Å². The fourth-order valence-corrected chi connectivity index (χ4v) is 3.14. The van der Waals surface area contributed by atoms with E-state index in [-0.39, 0.29) is 6.04 Å². The molecule has 0 fully saturated rings. The molecule has 0 heterocycles. The van der Waals surface area contributed by atoms with Crippen molar-refractivity contribution >= 4 is 10.0 Å². The number of likely N-dealkylation sites (N-methyl/N-ethyl adjacent to an activating group) is 1. The van der Waals surface area contributed by atoms with Gasteiger partial charge >= 0.3 is 0 Å². The second-order valence-corrected chi connectivity index (χ2v) is 7.25. The van der Waals surface area contributed by atoms with Crippen LogP contribution >= 0.6 is 0 Å². The minimum Gasteiger partial charge on any atom is -0.316 e. The highest BCUT2D eigenvalue weighted by molar-refractivity contribution is 7.89. The average Bonchev–Trinajstić information content (AvgIpc) is 2.45. The lowest BCUT2D eigenvalue weighted by Gasteiger charge is -2.20. The summed E-state index contributed by atoms with van der Waals surface area (Å²) in [6.07, 6.45) is 0.891. The van der Waals surface area contributed by atoms with Crippen LogP contribution in [-0.2, 0) is 23.0 Å². The van der Waals surface area contributed by atoms with Crippen LogP contribution in [0.2, 0.25) is 0 Å². The van der Waals surface area contributed by atoms with Crippen molar-refractivity contribution in [2.45, 2.75) is 37.8 Å². The van der Waals surface area contributed by atoms with Gasteiger partial charge < -0.3 is 10.2 Å². The maximum Gasteiger partial charge on any atom is 0.240 e. The summed E-state index contributed by atoms with van der Waals surface area (Å²) in [5, 5.41) is 3.08. The first kappa shape index (κ1) is 18.1. The van der Waals surface area contributed by atoms with Gasteiger partial charge in [-0.1, -0.05) is 13.0 Å². The predicted octanol–water partition coefficient (Wildman–Crippen LogP) is 1.20. The molecule has 1 rings (SSSR count). The van der Waals surface area contributed by atoms with Gasteiger partial charge in [-0.2, -0.15) is 0 Å². The molecular weight excluding hydrogens is 286 g/mol. The Hall–Kier alpha value is -0.950. The number of sulfonamides is 1. The minimum atomic E-state index is -3.46. The van der Waals surface area contributed by atoms with Gasteiger partial charge in [0, 0.05) is 19.1 Å². The fraction of sp³-hybridized carbons (Fsp3) is 0.600. The van der Waals surface area contributed by atoms with Crippen LogP contribution in [0.4, 0.5) is 0 Å². The van der Waals surface area contributed by atoms with E-state index in [1.54, 1.807) is 12.1 Å². The molecule has 0 radical (unpaired) electrons. The van der Waals surface area contributed by atoms with Crippen LogP contribution in [0.15, 0.2) is 23.1 Å². The maximum atomic E-state index is 12.4. The summed E-state index contributed by atoms with van der Waals surface area (Å²) in [5.74, 6) is 0. The Morgan fingerprint density at radius 3 is 2.43 bits per heavy atom. The van der Waals surface area contributed by atoms with E-state index >= 15 is 0 Å². The molecule has 0 aliphatic heterocycles. The van der Waals surface area contributed by atoms with E-state index in [1.807, 2.05) is 39.0 Å². The molecule has 5 nitrogen and oxygen atoms in total. The molecule has 21 heavy (non-hydrogen) atoms. The smallest absolute Gasteiger partial charge is 0.240 e. The van der Waals surface area contributed by atoms with Gasteiger partial charge in [-0.3, -0.25) is 0 Å². The zero-order valence-corrected chi connectivity index (χ0v) is 14.4. The summed E-state index contributed by atoms with van der Waals surface area (Å²) in [6, 6.07) is 5.49. The van der Waals surface area contributed by atoms with E-state index in [0.29, 0.717) is 18.0 Å². The number of nitrogens with zero attached hydrogens (tertiary/aromatic N) is 1. The van der Waals surface area contributed by atoms with Crippen LogP contribution in [0.1, 0.15) is 25.0 Å². The van der Waals surface area contributed by atoms with Gasteiger partial charge in [0.15, 0.2) is 0 Å². The molecule has 0 spiro atoms. The van der Waals surface area contributed by atoms with E-state index < -0.39 is 10.0 Å². The van der Waals surface area contributed by atoms with E-state index in [4.69, 9.17) is 0 Å². The number of aryl methyl sites for hydroxylation is 1. The summed E-state index contributed by atoms with van der Waals surface area (Å²) >= 11 is 0. The number of hydrogen-bond acceptors (Lipinski definition) is 4. The molecule has 0 amide bonds. The molecule has 0 saturated heterocycles. The van der Waals surface area contributed by atoms with Crippen molar-refractivity contribution in [1.82, 2.24) is 14.9 Å². The van der Waals surface area contributed by atoms with Gasteiger partial charge in [0.2, 0.25) is 10.0 Å². The lowest BCUT2D eigenvalue weighted by atomic mass is 10.1. The molecule has 1 aromatic rings. The van der Waals surface area contributed by atoms with Crippen molar-refractivity contribution < 1.29 is 8.42 Å². The largest absolute Gasteiger partial charge is 0.316 e. The molecule has 1 atom stereocenters. The van der Waals surface area contributed by atoms with Crippen molar-refractivity contribution in [2.75, 3.05) is 27.7 Å². The first-order chi connectivity index (χ1) is 9.81. The van der Waals surface area contributed by atoms with Crippen molar-refractivity contribution in [1.29, 1.82) is 0 Å². The van der Waals surface area contributed by atoms with Crippen molar-refractivity contribution in [3.8, 4) is 0 Å². The van der Waals surface area contributed by atoms with Gasteiger partial charge in [-0.05, 0) is 57.7 Å². The minimum absolute atomic E-state index is 0.145. The summed E-state index contributed by atoms with van der Waals surface area (Å²) < 4.78 is 27.4. The van der Waals surface area contributed by atoms with E-state index in [9.17, 15) is 8.42 Å². The van der Waals surface area contributed by atoms with Crippen molar-refractivity contribution in [2.24, 2.45) is 0 Å². The molecule has 0 saturated carbocycles. The SMILES string of the molecule is CCc1ccc(S(=O)(=O)NCC(C)N(C)C)cc1CNC. The molecule has 2 N–H and O–H groups in total. The Kier molecular flexibility index (Phi) is 6.80. The number of hydrogen-bond donors (Lipinski definition) is 2. The number of rotatable bonds is 8. The first-order valence-corrected chi connectivity index (χ1v) is 8.72. The highest BCUT2D eigenvalue weighted by Crippen LogP contribution is 2.17. The second-order valence-electron chi connectivity index (χ2n) is 5.48. The highest BCUT2D eigenvalue weighted by atomic mass is 32.2. The van der Waals surface area contributed by atoms with E-state index in [1.165, 1.54) is 5.56 Å². The predicted molar refractivity (Wildman–Crippen MR) is 86.9 cm³/mol. The highest BCUT2D eigenvalue weighted by Gasteiger charge is 2.17. The van der Waals surface area contributed by atoms with Crippen LogP contribution in [0.3, 0.4) is 0 Å². The number of nitrogens with one attached hydrogen (secondary N) is 2. The van der Waals surface area contributed by atoms with Gasteiger partial charge in [-0.15, -0.1) is 0 Å². The van der Waals surface area contributed by atoms with Crippen molar-refractivity contribution in [3.05, 3.63) is 29.3 Å². The first-order valence-electron chi connectivity index (χ1n) is 7.24. The van der Waals surface area contributed by atoms with Gasteiger partial charge in [-0.25, -0.2) is 13.1 Å². The summed E-state index contributed by atoms with van der Waals surface area (Å²) in [4.78, 5) is 2.31. The molecule has 0 aliphatic rings. The molecule has 0 aromatic heterocycles. The topological polar surface area (TPSA) is 61.4 Å². The lowest BCUT2D eigenvalue weighted by molar-refractivity contribution is 0.314. The van der Waals surface area contributed by atoms with Crippen LogP contribution in [0.5, 0.6) is 0 Å². The third-order valence-corrected chi connectivity index (χ3v) is 5.11. The molecule has 0 aliphatic carbocycles. The van der Waals surface area contributed by atoms with Crippen LogP contribution in [-0.4, -0.2) is 47.0 Å². The van der Waals surface area contributed by atoms with Gasteiger partial charge in [0.1, 0.15) is 0 Å². The Morgan fingerprint density at radius 2 is 1.90 bits per heavy atom. The quantitative estimate of drug-likeness (QED) is 0.757. The standard InChI is InChI=1S/C15H27N3O2S/c1-6-13-7-8-15(9-14(13)11-16-3)21(19,20)17-10-12(2)18(4)5/h7-9,12,16-17H,6,10-11H2,1-5H3. The lowest BCUT2D eigenvalue weighted by Crippen LogP contribution is -2.38. The maximum absolute atomic E-state index is 12.4. The Balaban J connectivity index is 2.95. The fourth-order valence-electron chi connectivity index (χ4n) is 1.97. The molecule has 120 valence electrons. The summed E-state index contributed by atoms with van der Waals surface area (Å²) in [5.41, 5.74) is 2.20. The Bertz CT molecular complexity index is 556. The Morgan fingerprint density at radius 1 is 1.24 bits per heavy atom. The van der Waals surface area contributed by atoms with Crippen molar-refractivity contribution in [3.63, 3.8) is 0 Å². The zero-order chi connectivity index (χ0) is 16.0. The van der Waals surface area contributed by atoms with Crippen LogP contribution in [0.25, 0.3) is 0 Å². The molecule has 6 heteroatoms. The normalized spacial score (nSPS) is 13.6. The summed E-state index contributed by atoms with van der Waals surface area (Å²) in [6.45, 7) is 5.11. The van der Waals surface area contributed by atoms with Gasteiger partial charge in [0.05, 0.1) is 4.90 Å². The second kappa shape index (κ2) is 7.89. The van der Waals surface area contributed by atoms with Gasteiger partial charge in [0.25, 0.3) is 0 Å². The zero-order valence-electron chi connectivity index (χ0n) is 13.6. The van der Waals surface area contributed by atoms with E-state index in [0.717, 1.165) is 12.0 Å². The molecular formula is C15H27N3O2S. The third kappa shape index (κ3) is 5.07. The monoisotopic (exact) mass is 313 g/mol. The average molecular weight is 313 g/mol. The third-order valence-electron chi connectivity index (χ3n) is 3.69. The molecule has 0 bridgehead atoms. The summed E-state index contributed by atoms with van der Waals surface area (Å²) in [7, 11) is 2.26.